The summed E-state index contributed by atoms with van der Waals surface area (Å²) in [4.78, 5) is 31.3. The van der Waals surface area contributed by atoms with E-state index in [4.69, 9.17) is 18.9 Å². The minimum atomic E-state index is -3.09. The number of piperazine rings is 1. The molecule has 43 heavy (non-hydrogen) atoms. The number of para-hydroxylation sites is 3. The normalized spacial score (nSPS) is 17.6. The molecule has 232 valence electrons. The first kappa shape index (κ1) is 31.8. The molecule has 0 amide bonds. The van der Waals surface area contributed by atoms with E-state index in [-0.39, 0.29) is 35.7 Å². The number of carbonyl (C=O) groups is 2. The van der Waals surface area contributed by atoms with Crippen molar-refractivity contribution in [2.75, 3.05) is 57.9 Å². The van der Waals surface area contributed by atoms with Crippen LogP contribution in [0.5, 0.6) is 11.5 Å². The topological polar surface area (TPSA) is 89.6 Å². The lowest BCUT2D eigenvalue weighted by Crippen LogP contribution is -2.46. The molecule has 1 atom stereocenters. The third kappa shape index (κ3) is 7.64. The molecule has 1 saturated heterocycles. The predicted molar refractivity (Wildman–Crippen MR) is 158 cm³/mol. The number of rotatable bonds is 12. The Kier molecular flexibility index (Phi) is 11.0. The third-order valence-corrected chi connectivity index (χ3v) is 7.57. The molecule has 1 unspecified atom stereocenters. The van der Waals surface area contributed by atoms with E-state index in [1.165, 1.54) is 6.07 Å². The number of ether oxygens (including phenoxy) is 4. The van der Waals surface area contributed by atoms with E-state index in [0.717, 1.165) is 44.2 Å². The summed E-state index contributed by atoms with van der Waals surface area (Å²) >= 11 is 0. The number of nitrogens with zero attached hydrogens (tertiary/aromatic N) is 2. The largest absolute Gasteiger partial charge is 0.495 e. The number of halogens is 2. The molecule has 2 aliphatic heterocycles. The van der Waals surface area contributed by atoms with Crippen LogP contribution in [0.4, 0.5) is 14.5 Å². The van der Waals surface area contributed by atoms with Crippen LogP contribution in [0.2, 0.25) is 0 Å². The van der Waals surface area contributed by atoms with Gasteiger partial charge in [-0.05, 0) is 45.4 Å². The van der Waals surface area contributed by atoms with Crippen molar-refractivity contribution in [3.63, 3.8) is 0 Å². The number of allylic oxidation sites excluding steroid dienone is 2. The molecule has 0 saturated carbocycles. The fourth-order valence-electron chi connectivity index (χ4n) is 5.61. The van der Waals surface area contributed by atoms with Crippen LogP contribution in [-0.4, -0.2) is 76.5 Å². The lowest BCUT2D eigenvalue weighted by Gasteiger charge is -2.36. The van der Waals surface area contributed by atoms with Crippen molar-refractivity contribution >= 4 is 17.6 Å². The number of alkyl halides is 2. The smallest absolute Gasteiger partial charge is 0.387 e. The predicted octanol–water partition coefficient (Wildman–Crippen LogP) is 4.85. The summed E-state index contributed by atoms with van der Waals surface area (Å²) in [7, 11) is 1.67. The van der Waals surface area contributed by atoms with Gasteiger partial charge in [-0.3, -0.25) is 4.90 Å². The van der Waals surface area contributed by atoms with Gasteiger partial charge in [0.05, 0.1) is 43.1 Å². The van der Waals surface area contributed by atoms with Gasteiger partial charge in [0.15, 0.2) is 0 Å². The molecule has 2 aromatic rings. The Morgan fingerprint density at radius 2 is 1.51 bits per heavy atom. The quantitative estimate of drug-likeness (QED) is 0.272. The number of dihydropyridines is 1. The van der Waals surface area contributed by atoms with Gasteiger partial charge >= 0.3 is 18.6 Å². The molecule has 0 aliphatic carbocycles. The molecule has 9 nitrogen and oxygen atoms in total. The van der Waals surface area contributed by atoms with Crippen molar-refractivity contribution in [2.24, 2.45) is 0 Å². The number of methoxy groups -OCH3 is 1. The summed E-state index contributed by atoms with van der Waals surface area (Å²) in [6.45, 7) is 6.36. The lowest BCUT2D eigenvalue weighted by atomic mass is 9.80. The van der Waals surface area contributed by atoms with Crippen LogP contribution in [0.1, 0.15) is 38.7 Å². The summed E-state index contributed by atoms with van der Waals surface area (Å²) in [5.74, 6) is -1.61. The maximum atomic E-state index is 13.6. The summed E-state index contributed by atoms with van der Waals surface area (Å²) < 4.78 is 47.9. The second-order valence-electron chi connectivity index (χ2n) is 10.3. The van der Waals surface area contributed by atoms with Crippen molar-refractivity contribution in [3.8, 4) is 11.5 Å². The summed E-state index contributed by atoms with van der Waals surface area (Å²) in [5.41, 5.74) is 2.51. The zero-order chi connectivity index (χ0) is 30.9. The Morgan fingerprint density at radius 1 is 0.907 bits per heavy atom. The molecular formula is C32H39F2N3O6. The highest BCUT2D eigenvalue weighted by molar-refractivity contribution is 6.00. The molecule has 4 rings (SSSR count). The Morgan fingerprint density at radius 3 is 2.14 bits per heavy atom. The van der Waals surface area contributed by atoms with Gasteiger partial charge in [0.25, 0.3) is 0 Å². The van der Waals surface area contributed by atoms with Crippen LogP contribution >= 0.6 is 0 Å². The second kappa shape index (κ2) is 14.9. The first-order chi connectivity index (χ1) is 20.7. The molecule has 0 spiro atoms. The molecule has 1 N–H and O–H groups in total. The van der Waals surface area contributed by atoms with Gasteiger partial charge in [-0.25, -0.2) is 9.59 Å². The van der Waals surface area contributed by atoms with Crippen molar-refractivity contribution in [3.05, 3.63) is 76.6 Å². The van der Waals surface area contributed by atoms with Crippen molar-refractivity contribution in [1.29, 1.82) is 0 Å². The van der Waals surface area contributed by atoms with Crippen molar-refractivity contribution in [2.45, 2.75) is 39.7 Å². The van der Waals surface area contributed by atoms with Crippen molar-refractivity contribution < 1.29 is 37.3 Å². The van der Waals surface area contributed by atoms with Gasteiger partial charge in [0, 0.05) is 49.7 Å². The standard InChI is InChI=1S/C32H39F2N3O6/c1-5-41-30(38)27-21(2)35-22(3)28(29(27)23-11-6-8-13-25(23)43-32(33)34)31(39)42-20-10-15-36-16-18-37(19-17-36)24-12-7-9-14-26(24)40-4/h6-9,11-14,29,32,35H,5,10,15-20H2,1-4H3. The van der Waals surface area contributed by atoms with E-state index in [0.29, 0.717) is 17.8 Å². The Hall–Kier alpha value is -4.12. The number of carbonyl (C=O) groups excluding carboxylic acids is 2. The summed E-state index contributed by atoms with van der Waals surface area (Å²) in [5, 5.41) is 3.07. The molecular weight excluding hydrogens is 560 g/mol. The van der Waals surface area contributed by atoms with E-state index >= 15 is 0 Å². The summed E-state index contributed by atoms with van der Waals surface area (Å²) in [6, 6.07) is 14.1. The van der Waals surface area contributed by atoms with Crippen molar-refractivity contribution in [1.82, 2.24) is 10.2 Å². The lowest BCUT2D eigenvalue weighted by molar-refractivity contribution is -0.140. The number of benzene rings is 2. The van der Waals surface area contributed by atoms with Crippen LogP contribution < -0.4 is 19.7 Å². The molecule has 0 radical (unpaired) electrons. The minimum Gasteiger partial charge on any atom is -0.495 e. The molecule has 0 bridgehead atoms. The monoisotopic (exact) mass is 599 g/mol. The highest BCUT2D eigenvalue weighted by atomic mass is 19.3. The Bertz CT molecular complexity index is 1350. The van der Waals surface area contributed by atoms with E-state index in [1.807, 2.05) is 18.2 Å². The zero-order valence-electron chi connectivity index (χ0n) is 25.0. The van der Waals surface area contributed by atoms with Crippen LogP contribution in [0, 0.1) is 0 Å². The molecule has 0 aromatic heterocycles. The van der Waals surface area contributed by atoms with Crippen LogP contribution in [0.3, 0.4) is 0 Å². The van der Waals surface area contributed by atoms with Gasteiger partial charge in [-0.15, -0.1) is 0 Å². The minimum absolute atomic E-state index is 0.104. The third-order valence-electron chi connectivity index (χ3n) is 7.57. The average molecular weight is 600 g/mol. The van der Waals surface area contributed by atoms with Gasteiger partial charge in [0.2, 0.25) is 0 Å². The fourth-order valence-corrected chi connectivity index (χ4v) is 5.61. The highest BCUT2D eigenvalue weighted by Crippen LogP contribution is 2.43. The molecule has 2 aromatic carbocycles. The molecule has 1 fully saturated rings. The number of anilines is 1. The Balaban J connectivity index is 1.43. The fraction of sp³-hybridized carbons (Fsp3) is 0.438. The first-order valence-electron chi connectivity index (χ1n) is 14.4. The zero-order valence-corrected chi connectivity index (χ0v) is 25.0. The molecule has 11 heteroatoms. The number of esters is 2. The number of nitrogens with one attached hydrogen (secondary N) is 1. The van der Waals surface area contributed by atoms with Gasteiger partial charge in [-0.2, -0.15) is 8.78 Å². The van der Waals surface area contributed by atoms with Crippen LogP contribution in [0.25, 0.3) is 0 Å². The number of hydrogen-bond acceptors (Lipinski definition) is 9. The van der Waals surface area contributed by atoms with E-state index in [1.54, 1.807) is 46.1 Å². The SMILES string of the molecule is CCOC(=O)C1=C(C)NC(C)=C(C(=O)OCCCN2CCN(c3ccccc3OC)CC2)C1c1ccccc1OC(F)F. The Labute approximate surface area is 251 Å². The van der Waals surface area contributed by atoms with Gasteiger partial charge < -0.3 is 29.2 Å². The summed E-state index contributed by atoms with van der Waals surface area (Å²) in [6.07, 6.45) is 0.607. The van der Waals surface area contributed by atoms with Crippen LogP contribution in [0.15, 0.2) is 71.1 Å². The molecule has 2 heterocycles. The van der Waals surface area contributed by atoms with E-state index in [2.05, 4.69) is 21.2 Å². The molecule has 2 aliphatic rings. The second-order valence-corrected chi connectivity index (χ2v) is 10.3. The van der Waals surface area contributed by atoms with Crippen LogP contribution in [-0.2, 0) is 19.1 Å². The maximum absolute atomic E-state index is 13.6. The first-order valence-corrected chi connectivity index (χ1v) is 14.4. The number of hydrogen-bond donors (Lipinski definition) is 1. The van der Waals surface area contributed by atoms with E-state index < -0.39 is 24.5 Å². The average Bonchev–Trinajstić information content (AvgIpc) is 2.99. The van der Waals surface area contributed by atoms with E-state index in [9.17, 15) is 18.4 Å². The highest BCUT2D eigenvalue weighted by Gasteiger charge is 2.39. The maximum Gasteiger partial charge on any atom is 0.387 e. The van der Waals surface area contributed by atoms with Gasteiger partial charge in [0.1, 0.15) is 11.5 Å². The van der Waals surface area contributed by atoms with Gasteiger partial charge in [-0.1, -0.05) is 30.3 Å².